The van der Waals surface area contributed by atoms with Crippen LogP contribution in [-0.2, 0) is 20.7 Å². The molecule has 0 saturated carbocycles. The molecule has 1 heterocycles. The van der Waals surface area contributed by atoms with Gasteiger partial charge in [-0.25, -0.2) is 9.69 Å². The van der Waals surface area contributed by atoms with Crippen molar-refractivity contribution in [2.24, 2.45) is 0 Å². The topological polar surface area (TPSA) is 94.2 Å². The fourth-order valence-corrected chi connectivity index (χ4v) is 3.57. The number of methoxy groups -OCH3 is 1. The van der Waals surface area contributed by atoms with Gasteiger partial charge in [-0.15, -0.1) is 0 Å². The molecule has 0 unspecified atom stereocenters. The molecule has 0 aromatic heterocycles. The predicted molar refractivity (Wildman–Crippen MR) is 119 cm³/mol. The lowest BCUT2D eigenvalue weighted by Gasteiger charge is -2.16. The van der Waals surface area contributed by atoms with Gasteiger partial charge < -0.3 is 19.5 Å². The third-order valence-electron chi connectivity index (χ3n) is 5.11. The molecule has 170 valence electrons. The molecule has 1 aliphatic heterocycles. The first-order chi connectivity index (χ1) is 15.5. The second-order valence-electron chi connectivity index (χ2n) is 7.21. The zero-order valence-electron chi connectivity index (χ0n) is 18.6. The van der Waals surface area contributed by atoms with E-state index in [1.807, 2.05) is 32.0 Å². The summed E-state index contributed by atoms with van der Waals surface area (Å²) in [6, 6.07) is 11.4. The van der Waals surface area contributed by atoms with E-state index < -0.39 is 12.0 Å². The summed E-state index contributed by atoms with van der Waals surface area (Å²) in [4.78, 5) is 38.0. The van der Waals surface area contributed by atoms with Crippen LogP contribution < -0.4 is 19.7 Å². The highest BCUT2D eigenvalue weighted by Gasteiger charge is 2.39. The van der Waals surface area contributed by atoms with Crippen LogP contribution in [0.3, 0.4) is 0 Å². The lowest BCUT2D eigenvalue weighted by atomic mass is 10.1. The molecule has 2 aromatic rings. The van der Waals surface area contributed by atoms with Crippen LogP contribution in [-0.4, -0.2) is 50.7 Å². The molecule has 32 heavy (non-hydrogen) atoms. The molecule has 0 aliphatic carbocycles. The third kappa shape index (κ3) is 5.26. The van der Waals surface area contributed by atoms with E-state index in [0.29, 0.717) is 48.9 Å². The van der Waals surface area contributed by atoms with Gasteiger partial charge in [0, 0.05) is 0 Å². The minimum Gasteiger partial charge on any atom is -0.490 e. The van der Waals surface area contributed by atoms with E-state index in [9.17, 15) is 14.4 Å². The van der Waals surface area contributed by atoms with Gasteiger partial charge in [-0.1, -0.05) is 6.07 Å². The maximum Gasteiger partial charge on any atom is 0.337 e. The van der Waals surface area contributed by atoms with E-state index in [0.717, 1.165) is 10.5 Å². The highest BCUT2D eigenvalue weighted by atomic mass is 16.5. The number of hydrogen-bond acceptors (Lipinski definition) is 7. The molecular formula is C24H28N2O6. The predicted octanol–water partition coefficient (Wildman–Crippen LogP) is 2.73. The standard InChI is InChI=1S/C24H28N2O6/c1-4-31-20-11-6-16(14-21(20)32-5-2)12-13-25-19-15-22(27)26(23(19)28)18-9-7-17(8-10-18)24(29)30-3/h6-11,14,19,25H,4-5,12-13,15H2,1-3H3/t19-/m0/s1. The monoisotopic (exact) mass is 440 g/mol. The second kappa shape index (κ2) is 10.8. The Balaban J connectivity index is 1.60. The first-order valence-corrected chi connectivity index (χ1v) is 10.7. The number of anilines is 1. The van der Waals surface area contributed by atoms with Crippen LogP contribution >= 0.6 is 0 Å². The number of esters is 1. The van der Waals surface area contributed by atoms with Gasteiger partial charge in [0.05, 0.1) is 44.0 Å². The zero-order valence-corrected chi connectivity index (χ0v) is 18.6. The van der Waals surface area contributed by atoms with E-state index >= 15 is 0 Å². The lowest BCUT2D eigenvalue weighted by Crippen LogP contribution is -2.39. The van der Waals surface area contributed by atoms with Crippen molar-refractivity contribution >= 4 is 23.5 Å². The molecule has 8 nitrogen and oxygen atoms in total. The van der Waals surface area contributed by atoms with E-state index in [1.54, 1.807) is 12.1 Å². The summed E-state index contributed by atoms with van der Waals surface area (Å²) in [5.74, 6) is 0.342. The molecule has 1 aliphatic rings. The first kappa shape index (κ1) is 23.3. The largest absolute Gasteiger partial charge is 0.490 e. The SMILES string of the molecule is CCOc1ccc(CCN[C@H]2CC(=O)N(c3ccc(C(=O)OC)cc3)C2=O)cc1OCC. The Morgan fingerprint density at radius 3 is 2.38 bits per heavy atom. The normalized spacial score (nSPS) is 15.7. The summed E-state index contributed by atoms with van der Waals surface area (Å²) in [6.45, 7) is 5.46. The summed E-state index contributed by atoms with van der Waals surface area (Å²) < 4.78 is 15.9. The van der Waals surface area contributed by atoms with Gasteiger partial charge in [0.25, 0.3) is 5.91 Å². The quantitative estimate of drug-likeness (QED) is 0.448. The molecular weight excluding hydrogens is 412 g/mol. The van der Waals surface area contributed by atoms with Crippen LogP contribution in [0.15, 0.2) is 42.5 Å². The Hall–Kier alpha value is -3.39. The number of rotatable bonds is 10. The number of ether oxygens (including phenoxy) is 3. The number of benzene rings is 2. The molecule has 2 amide bonds. The van der Waals surface area contributed by atoms with Crippen molar-refractivity contribution in [1.29, 1.82) is 0 Å². The number of imide groups is 1. The fourth-order valence-electron chi connectivity index (χ4n) is 3.57. The molecule has 8 heteroatoms. The number of carbonyl (C=O) groups excluding carboxylic acids is 3. The van der Waals surface area contributed by atoms with Gasteiger partial charge in [-0.3, -0.25) is 9.59 Å². The average Bonchev–Trinajstić information content (AvgIpc) is 3.08. The van der Waals surface area contributed by atoms with Gasteiger partial charge in [0.1, 0.15) is 0 Å². The van der Waals surface area contributed by atoms with Crippen LogP contribution in [0.5, 0.6) is 11.5 Å². The highest BCUT2D eigenvalue weighted by molar-refractivity contribution is 6.22. The Bertz CT molecular complexity index is 973. The van der Waals surface area contributed by atoms with Crippen molar-refractivity contribution in [3.05, 3.63) is 53.6 Å². The summed E-state index contributed by atoms with van der Waals surface area (Å²) in [7, 11) is 1.30. The zero-order chi connectivity index (χ0) is 23.1. The van der Waals surface area contributed by atoms with Crippen molar-refractivity contribution in [3.63, 3.8) is 0 Å². The van der Waals surface area contributed by atoms with Gasteiger partial charge in [-0.05, 0) is 68.8 Å². The van der Waals surface area contributed by atoms with Crippen molar-refractivity contribution in [2.45, 2.75) is 32.7 Å². The summed E-state index contributed by atoms with van der Waals surface area (Å²) in [5.41, 5.74) is 1.83. The number of hydrogen-bond donors (Lipinski definition) is 1. The Morgan fingerprint density at radius 2 is 1.72 bits per heavy atom. The van der Waals surface area contributed by atoms with E-state index in [4.69, 9.17) is 9.47 Å². The van der Waals surface area contributed by atoms with Crippen LogP contribution in [0.2, 0.25) is 0 Å². The summed E-state index contributed by atoms with van der Waals surface area (Å²) in [5, 5.41) is 3.18. The minimum atomic E-state index is -0.586. The van der Waals surface area contributed by atoms with Crippen LogP contribution in [0.25, 0.3) is 0 Å². The van der Waals surface area contributed by atoms with Crippen LogP contribution in [0.4, 0.5) is 5.69 Å². The minimum absolute atomic E-state index is 0.0884. The molecule has 1 N–H and O–H groups in total. The Kier molecular flexibility index (Phi) is 7.83. The van der Waals surface area contributed by atoms with Gasteiger partial charge in [0.15, 0.2) is 11.5 Å². The Labute approximate surface area is 187 Å². The maximum atomic E-state index is 12.8. The van der Waals surface area contributed by atoms with Crippen molar-refractivity contribution < 1.29 is 28.6 Å². The molecule has 0 bridgehead atoms. The van der Waals surface area contributed by atoms with Gasteiger partial charge in [0.2, 0.25) is 5.91 Å². The molecule has 1 fully saturated rings. The fraction of sp³-hybridized carbons (Fsp3) is 0.375. The summed E-state index contributed by atoms with van der Waals surface area (Å²) >= 11 is 0. The van der Waals surface area contributed by atoms with E-state index in [1.165, 1.54) is 19.2 Å². The number of amides is 2. The number of carbonyl (C=O) groups is 3. The first-order valence-electron chi connectivity index (χ1n) is 10.7. The molecule has 1 saturated heterocycles. The molecule has 0 radical (unpaired) electrons. The average molecular weight is 440 g/mol. The van der Waals surface area contributed by atoms with Gasteiger partial charge >= 0.3 is 5.97 Å². The molecule has 0 spiro atoms. The van der Waals surface area contributed by atoms with Crippen molar-refractivity contribution in [2.75, 3.05) is 31.8 Å². The Morgan fingerprint density at radius 1 is 1.03 bits per heavy atom. The van der Waals surface area contributed by atoms with Crippen molar-refractivity contribution in [3.8, 4) is 11.5 Å². The smallest absolute Gasteiger partial charge is 0.337 e. The summed E-state index contributed by atoms with van der Waals surface area (Å²) in [6.07, 6.45) is 0.753. The molecule has 1 atom stereocenters. The highest BCUT2D eigenvalue weighted by Crippen LogP contribution is 2.29. The van der Waals surface area contributed by atoms with Crippen LogP contribution in [0.1, 0.15) is 36.2 Å². The van der Waals surface area contributed by atoms with Crippen LogP contribution in [0, 0.1) is 0 Å². The third-order valence-corrected chi connectivity index (χ3v) is 5.11. The van der Waals surface area contributed by atoms with E-state index in [-0.39, 0.29) is 18.2 Å². The van der Waals surface area contributed by atoms with E-state index in [2.05, 4.69) is 10.1 Å². The molecule has 2 aromatic carbocycles. The van der Waals surface area contributed by atoms with Crippen molar-refractivity contribution in [1.82, 2.24) is 5.32 Å². The maximum absolute atomic E-state index is 12.8. The number of nitrogens with zero attached hydrogens (tertiary/aromatic N) is 1. The lowest BCUT2D eigenvalue weighted by molar-refractivity contribution is -0.121. The second-order valence-corrected chi connectivity index (χ2v) is 7.21. The van der Waals surface area contributed by atoms with Gasteiger partial charge in [-0.2, -0.15) is 0 Å². The number of nitrogens with one attached hydrogen (secondary N) is 1. The molecule has 3 rings (SSSR count).